The second-order valence-corrected chi connectivity index (χ2v) is 9.06. The van der Waals surface area contributed by atoms with Crippen LogP contribution in [0.1, 0.15) is 28.9 Å². The first-order valence-electron chi connectivity index (χ1n) is 11.9. The molecule has 4 aromatic rings. The second-order valence-electron chi connectivity index (χ2n) is 9.06. The molecule has 1 N–H and O–H groups in total. The van der Waals surface area contributed by atoms with Crippen molar-refractivity contribution in [1.82, 2.24) is 34.4 Å². The molecule has 6 rings (SSSR count). The number of rotatable bonds is 1. The zero-order valence-corrected chi connectivity index (χ0v) is 19.8. The number of amides is 1. The number of benzene rings is 1. The van der Waals surface area contributed by atoms with E-state index in [1.807, 2.05) is 22.4 Å². The number of aryl methyl sites for hydroxylation is 1. The van der Waals surface area contributed by atoms with Crippen molar-refractivity contribution < 1.29 is 13.9 Å². The Kier molecular flexibility index (Phi) is 5.68. The van der Waals surface area contributed by atoms with Crippen molar-refractivity contribution >= 4 is 11.7 Å². The minimum Gasteiger partial charge on any atom is -0.493 e. The molecule has 0 aliphatic carbocycles. The van der Waals surface area contributed by atoms with Crippen LogP contribution in [-0.2, 0) is 19.6 Å². The summed E-state index contributed by atoms with van der Waals surface area (Å²) in [5.74, 6) is 0.286. The average Bonchev–Trinajstić information content (AvgIpc) is 3.50. The lowest BCUT2D eigenvalue weighted by molar-refractivity contribution is 0.102. The van der Waals surface area contributed by atoms with Gasteiger partial charge in [-0.05, 0) is 38.1 Å². The fourth-order valence-corrected chi connectivity index (χ4v) is 4.65. The van der Waals surface area contributed by atoms with Gasteiger partial charge >= 0.3 is 0 Å². The van der Waals surface area contributed by atoms with Gasteiger partial charge in [-0.2, -0.15) is 5.10 Å². The van der Waals surface area contributed by atoms with Crippen LogP contribution >= 0.6 is 0 Å². The van der Waals surface area contributed by atoms with Crippen LogP contribution in [0.3, 0.4) is 0 Å². The van der Waals surface area contributed by atoms with Gasteiger partial charge in [-0.3, -0.25) is 14.4 Å². The highest BCUT2D eigenvalue weighted by Crippen LogP contribution is 2.34. The smallest absolute Gasteiger partial charge is 0.260 e. The maximum Gasteiger partial charge on any atom is 0.260 e. The Hall–Kier alpha value is -4.12. The van der Waals surface area contributed by atoms with Gasteiger partial charge in [0.2, 0.25) is 0 Å². The second kappa shape index (κ2) is 9.15. The van der Waals surface area contributed by atoms with Gasteiger partial charge < -0.3 is 14.6 Å². The third kappa shape index (κ3) is 4.11. The summed E-state index contributed by atoms with van der Waals surface area (Å²) >= 11 is 0. The number of fused-ring (bicyclic) bond motifs is 6. The van der Waals surface area contributed by atoms with Crippen LogP contribution in [0.2, 0.25) is 0 Å². The van der Waals surface area contributed by atoms with Gasteiger partial charge in [0.1, 0.15) is 29.4 Å². The molecule has 0 unspecified atom stereocenters. The molecule has 0 spiro atoms. The molecule has 1 amide bonds. The zero-order valence-electron chi connectivity index (χ0n) is 19.8. The number of hydrogen-bond acceptors (Lipinski definition) is 7. The first kappa shape index (κ1) is 22.4. The molecule has 1 aromatic carbocycles. The van der Waals surface area contributed by atoms with Crippen molar-refractivity contribution in [1.29, 1.82) is 0 Å². The molecular formula is C25H25FN8O2. The van der Waals surface area contributed by atoms with Crippen molar-refractivity contribution in [3.8, 4) is 28.4 Å². The standard InChI is InChI=1S/C25H25FN8O2/c1-32-8-9-34-21(14-32)18(13-28-34)16-11-17-22(12-19(16)26)36-10-3-2-7-33-15-27-31-24(33)20-5-4-6-23(29-20)30-25(17)35/h4-6,11-13,15H,2-3,7-10,14H2,1H3,(H,29,30,35). The number of carbonyl (C=O) groups excluding carboxylic acids is 1. The van der Waals surface area contributed by atoms with Crippen molar-refractivity contribution in [3.05, 3.63) is 59.9 Å². The van der Waals surface area contributed by atoms with Crippen molar-refractivity contribution in [3.63, 3.8) is 0 Å². The lowest BCUT2D eigenvalue weighted by atomic mass is 10.0. The minimum atomic E-state index is -0.457. The number of ether oxygens (including phenoxy) is 1. The predicted octanol–water partition coefficient (Wildman–Crippen LogP) is 3.21. The van der Waals surface area contributed by atoms with E-state index < -0.39 is 11.7 Å². The molecule has 2 aliphatic heterocycles. The molecule has 2 aliphatic rings. The van der Waals surface area contributed by atoms with E-state index in [4.69, 9.17) is 4.74 Å². The summed E-state index contributed by atoms with van der Waals surface area (Å²) in [7, 11) is 2.02. The summed E-state index contributed by atoms with van der Waals surface area (Å²) < 4.78 is 25.2. The molecule has 10 nitrogen and oxygen atoms in total. The van der Waals surface area contributed by atoms with Gasteiger partial charge in [0.25, 0.3) is 5.91 Å². The Morgan fingerprint density at radius 1 is 1.08 bits per heavy atom. The summed E-state index contributed by atoms with van der Waals surface area (Å²) in [5, 5.41) is 15.5. The van der Waals surface area contributed by atoms with E-state index in [1.165, 1.54) is 6.07 Å². The lowest BCUT2D eigenvalue weighted by Gasteiger charge is -2.24. The largest absolute Gasteiger partial charge is 0.493 e. The van der Waals surface area contributed by atoms with Crippen LogP contribution < -0.4 is 10.1 Å². The van der Waals surface area contributed by atoms with Crippen LogP contribution in [0.15, 0.2) is 42.9 Å². The van der Waals surface area contributed by atoms with E-state index in [1.54, 1.807) is 30.7 Å². The zero-order chi connectivity index (χ0) is 24.6. The Morgan fingerprint density at radius 2 is 2.00 bits per heavy atom. The molecule has 36 heavy (non-hydrogen) atoms. The summed E-state index contributed by atoms with van der Waals surface area (Å²) in [4.78, 5) is 20.2. The van der Waals surface area contributed by atoms with Crippen LogP contribution in [0.4, 0.5) is 10.2 Å². The van der Waals surface area contributed by atoms with Crippen LogP contribution in [-0.4, -0.2) is 60.5 Å². The highest BCUT2D eigenvalue weighted by molar-refractivity contribution is 6.06. The van der Waals surface area contributed by atoms with Gasteiger partial charge in [-0.1, -0.05) is 6.07 Å². The van der Waals surface area contributed by atoms with E-state index in [0.29, 0.717) is 54.6 Å². The number of likely N-dealkylation sites (N-methyl/N-ethyl adjacent to an activating group) is 1. The fraction of sp³-hybridized carbons (Fsp3) is 0.320. The number of anilines is 1. The van der Waals surface area contributed by atoms with E-state index in [0.717, 1.165) is 25.2 Å². The van der Waals surface area contributed by atoms with E-state index >= 15 is 4.39 Å². The molecular weight excluding hydrogens is 463 g/mol. The first-order valence-corrected chi connectivity index (χ1v) is 11.9. The Morgan fingerprint density at radius 3 is 2.92 bits per heavy atom. The maximum atomic E-state index is 15.4. The molecule has 0 saturated heterocycles. The SMILES string of the molecule is CN1CCn2ncc(-c3cc4c(cc3F)OCCCCn3cnnc3-c3cccc(n3)NC4=O)c2C1. The van der Waals surface area contributed by atoms with Gasteiger partial charge in [-0.15, -0.1) is 10.2 Å². The molecule has 3 aromatic heterocycles. The first-order chi connectivity index (χ1) is 17.6. The van der Waals surface area contributed by atoms with Gasteiger partial charge in [0.05, 0.1) is 30.6 Å². The summed E-state index contributed by atoms with van der Waals surface area (Å²) in [5.41, 5.74) is 2.76. The monoisotopic (exact) mass is 488 g/mol. The van der Waals surface area contributed by atoms with Crippen LogP contribution in [0, 0.1) is 5.82 Å². The number of nitrogens with one attached hydrogen (secondary N) is 1. The minimum absolute atomic E-state index is 0.199. The molecule has 2 bridgehead atoms. The van der Waals surface area contributed by atoms with Gasteiger partial charge in [-0.25, -0.2) is 9.37 Å². The molecule has 5 heterocycles. The number of nitrogens with zero attached hydrogens (tertiary/aromatic N) is 7. The maximum absolute atomic E-state index is 15.4. The number of carbonyl (C=O) groups is 1. The van der Waals surface area contributed by atoms with Crippen LogP contribution in [0.5, 0.6) is 5.75 Å². The third-order valence-electron chi connectivity index (χ3n) is 6.55. The number of pyridine rings is 1. The van der Waals surface area contributed by atoms with E-state index in [9.17, 15) is 4.79 Å². The topological polar surface area (TPSA) is 103 Å². The quantitative estimate of drug-likeness (QED) is 0.439. The highest BCUT2D eigenvalue weighted by Gasteiger charge is 2.24. The molecule has 0 radical (unpaired) electrons. The highest BCUT2D eigenvalue weighted by atomic mass is 19.1. The summed E-state index contributed by atoms with van der Waals surface area (Å²) in [6.45, 7) is 3.28. The third-order valence-corrected chi connectivity index (χ3v) is 6.55. The Labute approximate surface area is 206 Å². The number of hydrogen-bond donors (Lipinski definition) is 1. The Bertz CT molecular complexity index is 1450. The average molecular weight is 489 g/mol. The van der Waals surface area contributed by atoms with Crippen molar-refractivity contribution in [2.24, 2.45) is 0 Å². The molecule has 0 saturated carbocycles. The Balaban J connectivity index is 1.41. The predicted molar refractivity (Wildman–Crippen MR) is 130 cm³/mol. The van der Waals surface area contributed by atoms with Crippen LogP contribution in [0.25, 0.3) is 22.6 Å². The van der Waals surface area contributed by atoms with Crippen molar-refractivity contribution in [2.45, 2.75) is 32.5 Å². The number of halogens is 1. The molecule has 0 atom stereocenters. The normalized spacial score (nSPS) is 16.2. The van der Waals surface area contributed by atoms with Gasteiger partial charge in [0.15, 0.2) is 5.82 Å². The van der Waals surface area contributed by atoms with Gasteiger partial charge in [0, 0.05) is 36.8 Å². The molecule has 11 heteroatoms. The molecule has 0 fully saturated rings. The number of aromatic nitrogens is 6. The lowest BCUT2D eigenvalue weighted by Crippen LogP contribution is -2.30. The molecule has 184 valence electrons. The summed E-state index contributed by atoms with van der Waals surface area (Å²) in [6.07, 6.45) is 4.83. The van der Waals surface area contributed by atoms with E-state index in [-0.39, 0.29) is 11.3 Å². The summed E-state index contributed by atoms with van der Waals surface area (Å²) in [6, 6.07) is 8.18. The van der Waals surface area contributed by atoms with Crippen molar-refractivity contribution in [2.75, 3.05) is 25.5 Å². The van der Waals surface area contributed by atoms with E-state index in [2.05, 4.69) is 30.5 Å². The fourth-order valence-electron chi connectivity index (χ4n) is 4.65.